The van der Waals surface area contributed by atoms with Crippen molar-refractivity contribution in [3.05, 3.63) is 23.9 Å². The smallest absolute Gasteiger partial charge is 0.129 e. The molecule has 0 radical (unpaired) electrons. The Hall–Kier alpha value is -1.05. The molecule has 0 aliphatic carbocycles. The minimum Gasteiger partial charge on any atom is -0.367 e. The molecule has 2 heterocycles. The van der Waals surface area contributed by atoms with E-state index in [0.29, 0.717) is 12.0 Å². The SMILES string of the molecule is CC(C)[C@@H]1CCc2cccnc2N1.[HH]. The Morgan fingerprint density at radius 3 is 3.23 bits per heavy atom. The van der Waals surface area contributed by atoms with E-state index in [0.717, 1.165) is 5.82 Å². The molecule has 0 unspecified atom stereocenters. The van der Waals surface area contributed by atoms with E-state index in [-0.39, 0.29) is 1.43 Å². The molecule has 13 heavy (non-hydrogen) atoms. The van der Waals surface area contributed by atoms with Crippen LogP contribution in [0.5, 0.6) is 0 Å². The summed E-state index contributed by atoms with van der Waals surface area (Å²) in [5, 5.41) is 3.49. The number of anilines is 1. The Morgan fingerprint density at radius 1 is 1.62 bits per heavy atom. The first-order valence-corrected chi connectivity index (χ1v) is 4.98. The Bertz CT molecular complexity index is 299. The van der Waals surface area contributed by atoms with Crippen LogP contribution in [0.3, 0.4) is 0 Å². The van der Waals surface area contributed by atoms with Crippen molar-refractivity contribution in [2.75, 3.05) is 5.32 Å². The van der Waals surface area contributed by atoms with Gasteiger partial charge in [-0.05, 0) is 30.4 Å². The zero-order valence-electron chi connectivity index (χ0n) is 8.25. The number of pyridine rings is 1. The van der Waals surface area contributed by atoms with Crippen LogP contribution in [0, 0.1) is 5.92 Å². The average Bonchev–Trinajstić information content (AvgIpc) is 2.17. The van der Waals surface area contributed by atoms with Crippen LogP contribution in [0.15, 0.2) is 18.3 Å². The minimum absolute atomic E-state index is 0. The fourth-order valence-electron chi connectivity index (χ4n) is 1.83. The fraction of sp³-hybridized carbons (Fsp3) is 0.545. The van der Waals surface area contributed by atoms with Crippen molar-refractivity contribution in [1.29, 1.82) is 0 Å². The van der Waals surface area contributed by atoms with E-state index in [4.69, 9.17) is 0 Å². The highest BCUT2D eigenvalue weighted by Crippen LogP contribution is 2.24. The average molecular weight is 178 g/mol. The van der Waals surface area contributed by atoms with Gasteiger partial charge in [0, 0.05) is 13.7 Å². The Morgan fingerprint density at radius 2 is 2.46 bits per heavy atom. The van der Waals surface area contributed by atoms with E-state index in [1.807, 2.05) is 12.3 Å². The van der Waals surface area contributed by atoms with Crippen molar-refractivity contribution in [3.63, 3.8) is 0 Å². The molecular formula is C11H18N2. The summed E-state index contributed by atoms with van der Waals surface area (Å²) >= 11 is 0. The van der Waals surface area contributed by atoms with Crippen LogP contribution < -0.4 is 5.32 Å². The monoisotopic (exact) mass is 178 g/mol. The number of nitrogens with zero attached hydrogens (tertiary/aromatic N) is 1. The maximum atomic E-state index is 4.34. The van der Waals surface area contributed by atoms with Gasteiger partial charge in [-0.3, -0.25) is 0 Å². The van der Waals surface area contributed by atoms with Crippen LogP contribution in [0.2, 0.25) is 0 Å². The number of nitrogens with one attached hydrogen (secondary N) is 1. The van der Waals surface area contributed by atoms with Gasteiger partial charge in [0.05, 0.1) is 0 Å². The number of aryl methyl sites for hydroxylation is 1. The van der Waals surface area contributed by atoms with Gasteiger partial charge in [0.25, 0.3) is 0 Å². The number of rotatable bonds is 1. The van der Waals surface area contributed by atoms with Crippen LogP contribution >= 0.6 is 0 Å². The normalized spacial score (nSPS) is 21.0. The van der Waals surface area contributed by atoms with E-state index in [1.54, 1.807) is 0 Å². The molecule has 1 aliphatic rings. The lowest BCUT2D eigenvalue weighted by molar-refractivity contribution is 0.480. The van der Waals surface area contributed by atoms with E-state index in [9.17, 15) is 0 Å². The first kappa shape index (κ1) is 8.54. The summed E-state index contributed by atoms with van der Waals surface area (Å²) in [6.07, 6.45) is 4.25. The van der Waals surface area contributed by atoms with Crippen LogP contribution in [-0.2, 0) is 6.42 Å². The summed E-state index contributed by atoms with van der Waals surface area (Å²) in [7, 11) is 0. The molecule has 1 aliphatic heterocycles. The molecule has 0 amide bonds. The van der Waals surface area contributed by atoms with Crippen molar-refractivity contribution >= 4 is 5.82 Å². The van der Waals surface area contributed by atoms with Crippen molar-refractivity contribution in [2.45, 2.75) is 32.7 Å². The van der Waals surface area contributed by atoms with Crippen molar-refractivity contribution < 1.29 is 1.43 Å². The molecule has 0 fully saturated rings. The molecule has 1 aromatic rings. The van der Waals surface area contributed by atoms with E-state index < -0.39 is 0 Å². The predicted octanol–water partition coefficient (Wildman–Crippen LogP) is 2.71. The molecule has 2 nitrogen and oxygen atoms in total. The summed E-state index contributed by atoms with van der Waals surface area (Å²) < 4.78 is 0. The molecule has 72 valence electrons. The van der Waals surface area contributed by atoms with Crippen LogP contribution in [-0.4, -0.2) is 11.0 Å². The first-order chi connectivity index (χ1) is 6.27. The molecule has 1 atom stereocenters. The number of fused-ring (bicyclic) bond motifs is 1. The van der Waals surface area contributed by atoms with Gasteiger partial charge >= 0.3 is 0 Å². The molecule has 0 saturated carbocycles. The summed E-state index contributed by atoms with van der Waals surface area (Å²) in [4.78, 5) is 4.34. The van der Waals surface area contributed by atoms with Crippen LogP contribution in [0.1, 0.15) is 27.3 Å². The van der Waals surface area contributed by atoms with Crippen molar-refractivity contribution in [1.82, 2.24) is 4.98 Å². The molecular weight excluding hydrogens is 160 g/mol. The fourth-order valence-corrected chi connectivity index (χ4v) is 1.83. The van der Waals surface area contributed by atoms with Gasteiger partial charge in [-0.1, -0.05) is 19.9 Å². The lowest BCUT2D eigenvalue weighted by Crippen LogP contribution is -2.30. The van der Waals surface area contributed by atoms with Gasteiger partial charge in [-0.2, -0.15) is 0 Å². The minimum atomic E-state index is 0. The summed E-state index contributed by atoms with van der Waals surface area (Å²) in [6, 6.07) is 4.77. The van der Waals surface area contributed by atoms with E-state index in [1.165, 1.54) is 18.4 Å². The molecule has 1 aromatic heterocycles. The molecule has 0 aromatic carbocycles. The standard InChI is InChI=1S/C11H16N2.H2/c1-8(2)10-6-5-9-4-3-7-12-11(9)13-10;/h3-4,7-8,10H,5-6H2,1-2H3,(H,12,13);1H/t10-;/m0./s1. The van der Waals surface area contributed by atoms with Crippen molar-refractivity contribution in [2.24, 2.45) is 5.92 Å². The highest BCUT2D eigenvalue weighted by Gasteiger charge is 2.20. The van der Waals surface area contributed by atoms with Gasteiger partial charge in [0.2, 0.25) is 0 Å². The second-order valence-electron chi connectivity index (χ2n) is 4.04. The molecule has 0 bridgehead atoms. The molecule has 0 saturated heterocycles. The molecule has 1 N–H and O–H groups in total. The van der Waals surface area contributed by atoms with Gasteiger partial charge in [0.15, 0.2) is 0 Å². The quantitative estimate of drug-likeness (QED) is 0.715. The van der Waals surface area contributed by atoms with Gasteiger partial charge in [-0.25, -0.2) is 4.98 Å². The second-order valence-corrected chi connectivity index (χ2v) is 4.04. The highest BCUT2D eigenvalue weighted by molar-refractivity contribution is 5.46. The number of aromatic nitrogens is 1. The maximum absolute atomic E-state index is 4.34. The summed E-state index contributed by atoms with van der Waals surface area (Å²) in [5.41, 5.74) is 1.36. The topological polar surface area (TPSA) is 24.9 Å². The van der Waals surface area contributed by atoms with E-state index in [2.05, 4.69) is 30.2 Å². The summed E-state index contributed by atoms with van der Waals surface area (Å²) in [6.45, 7) is 4.51. The van der Waals surface area contributed by atoms with Crippen LogP contribution in [0.25, 0.3) is 0 Å². The second kappa shape index (κ2) is 3.36. The highest BCUT2D eigenvalue weighted by atomic mass is 15.0. The summed E-state index contributed by atoms with van der Waals surface area (Å²) in [5.74, 6) is 1.78. The first-order valence-electron chi connectivity index (χ1n) is 4.98. The molecule has 0 spiro atoms. The van der Waals surface area contributed by atoms with Crippen molar-refractivity contribution in [3.8, 4) is 0 Å². The predicted molar refractivity (Wildman–Crippen MR) is 56.9 cm³/mol. The molecule has 2 heteroatoms. The largest absolute Gasteiger partial charge is 0.367 e. The van der Waals surface area contributed by atoms with Gasteiger partial charge < -0.3 is 5.32 Å². The van der Waals surface area contributed by atoms with Gasteiger partial charge in [-0.15, -0.1) is 0 Å². The zero-order valence-corrected chi connectivity index (χ0v) is 8.25. The number of hydrogen-bond donors (Lipinski definition) is 1. The zero-order chi connectivity index (χ0) is 9.26. The Kier molecular flexibility index (Phi) is 2.21. The third kappa shape index (κ3) is 1.67. The van der Waals surface area contributed by atoms with Gasteiger partial charge in [0.1, 0.15) is 5.82 Å². The van der Waals surface area contributed by atoms with Crippen LogP contribution in [0.4, 0.5) is 5.82 Å². The lowest BCUT2D eigenvalue weighted by Gasteiger charge is -2.28. The third-order valence-electron chi connectivity index (χ3n) is 2.74. The Balaban J connectivity index is 0.000000980. The Labute approximate surface area is 80.9 Å². The van der Waals surface area contributed by atoms with E-state index >= 15 is 0 Å². The lowest BCUT2D eigenvalue weighted by atomic mass is 9.93. The maximum Gasteiger partial charge on any atom is 0.129 e. The number of hydrogen-bond acceptors (Lipinski definition) is 2. The third-order valence-corrected chi connectivity index (χ3v) is 2.74. The molecule has 2 rings (SSSR count).